The first kappa shape index (κ1) is 33.8. The van der Waals surface area contributed by atoms with Gasteiger partial charge in [-0.1, -0.05) is 92.2 Å². The highest BCUT2D eigenvalue weighted by Gasteiger charge is 2.43. The number of piperidine rings is 1. The van der Waals surface area contributed by atoms with Crippen LogP contribution in [0.1, 0.15) is 62.0 Å². The van der Waals surface area contributed by atoms with E-state index in [4.69, 9.17) is 25.8 Å². The maximum atomic E-state index is 11.5. The summed E-state index contributed by atoms with van der Waals surface area (Å²) in [5, 5.41) is 10.1. The molecule has 0 saturated carbocycles. The van der Waals surface area contributed by atoms with E-state index in [9.17, 15) is 9.90 Å². The molecule has 0 unspecified atom stereocenters. The van der Waals surface area contributed by atoms with Crippen molar-refractivity contribution in [3.63, 3.8) is 0 Å². The summed E-state index contributed by atoms with van der Waals surface area (Å²) in [5.41, 5.74) is 5.11. The van der Waals surface area contributed by atoms with Crippen molar-refractivity contribution in [1.82, 2.24) is 4.90 Å². The maximum absolute atomic E-state index is 11.5. The average molecular weight is 666 g/mol. The van der Waals surface area contributed by atoms with Crippen LogP contribution in [0.5, 0.6) is 17.2 Å². The predicted molar refractivity (Wildman–Crippen MR) is 190 cm³/mol. The number of carboxylic acids is 1. The lowest BCUT2D eigenvalue weighted by atomic mass is 9.74. The number of carboxylic acid groups (broad SMARTS) is 1. The summed E-state index contributed by atoms with van der Waals surface area (Å²) in [7, 11) is 0. The SMILES string of the molecule is C=C(C)[C@H]1C[C@@H]2CN(Cc3ccccc3Oc3ccc(Cl)cc3)CC[C@@H]2O[C@@H]1c1cc(C(C)(C)c2ccccc2)ccc1OCC(=O)O. The Morgan fingerprint density at radius 3 is 2.44 bits per heavy atom. The Bertz CT molecular complexity index is 1740. The summed E-state index contributed by atoms with van der Waals surface area (Å²) < 4.78 is 19.2. The van der Waals surface area contributed by atoms with Crippen molar-refractivity contribution in [2.75, 3.05) is 19.7 Å². The van der Waals surface area contributed by atoms with Crippen LogP contribution in [-0.2, 0) is 21.5 Å². The molecule has 4 aromatic carbocycles. The lowest BCUT2D eigenvalue weighted by Crippen LogP contribution is -2.48. The van der Waals surface area contributed by atoms with Crippen LogP contribution in [0.4, 0.5) is 0 Å². The first-order chi connectivity index (χ1) is 23.1. The summed E-state index contributed by atoms with van der Waals surface area (Å²) in [4.78, 5) is 14.0. The highest BCUT2D eigenvalue weighted by atomic mass is 35.5. The Morgan fingerprint density at radius 1 is 0.979 bits per heavy atom. The normalized spacial score (nSPS) is 21.2. The molecular weight excluding hydrogens is 622 g/mol. The zero-order valence-corrected chi connectivity index (χ0v) is 28.7. The minimum absolute atomic E-state index is 0.0500. The number of carbonyl (C=O) groups is 1. The smallest absolute Gasteiger partial charge is 0.341 e. The van der Waals surface area contributed by atoms with Crippen molar-refractivity contribution in [3.05, 3.63) is 136 Å². The largest absolute Gasteiger partial charge is 0.482 e. The van der Waals surface area contributed by atoms with Crippen LogP contribution in [0.2, 0.25) is 5.02 Å². The number of rotatable bonds is 11. The Morgan fingerprint density at radius 2 is 1.71 bits per heavy atom. The van der Waals surface area contributed by atoms with E-state index in [-0.39, 0.29) is 23.5 Å². The molecule has 48 heavy (non-hydrogen) atoms. The number of nitrogens with zero attached hydrogens (tertiary/aromatic N) is 1. The monoisotopic (exact) mass is 665 g/mol. The number of benzene rings is 4. The van der Waals surface area contributed by atoms with Gasteiger partial charge in [0.2, 0.25) is 0 Å². The van der Waals surface area contributed by atoms with Gasteiger partial charge in [0.15, 0.2) is 6.61 Å². The van der Waals surface area contributed by atoms with Gasteiger partial charge in [-0.15, -0.1) is 0 Å². The second-order valence-corrected chi connectivity index (χ2v) is 14.1. The molecule has 4 aromatic rings. The second kappa shape index (κ2) is 14.6. The van der Waals surface area contributed by atoms with Gasteiger partial charge in [0.05, 0.1) is 12.2 Å². The molecule has 2 aliphatic heterocycles. The highest BCUT2D eigenvalue weighted by Crippen LogP contribution is 2.48. The van der Waals surface area contributed by atoms with Crippen molar-refractivity contribution in [1.29, 1.82) is 0 Å². The van der Waals surface area contributed by atoms with Gasteiger partial charge in [0.25, 0.3) is 0 Å². The number of aliphatic carboxylic acids is 1. The van der Waals surface area contributed by atoms with E-state index >= 15 is 0 Å². The second-order valence-electron chi connectivity index (χ2n) is 13.7. The molecule has 0 spiro atoms. The van der Waals surface area contributed by atoms with E-state index in [1.54, 1.807) is 0 Å². The number of fused-ring (bicyclic) bond motifs is 1. The number of ether oxygens (including phenoxy) is 3. The molecule has 2 heterocycles. The van der Waals surface area contributed by atoms with Crippen LogP contribution >= 0.6 is 11.6 Å². The molecule has 2 saturated heterocycles. The molecule has 6 nitrogen and oxygen atoms in total. The van der Waals surface area contributed by atoms with Crippen LogP contribution in [-0.4, -0.2) is 41.8 Å². The molecule has 6 rings (SSSR count). The Kier molecular flexibility index (Phi) is 10.3. The third kappa shape index (κ3) is 7.62. The van der Waals surface area contributed by atoms with Gasteiger partial charge in [-0.2, -0.15) is 0 Å². The minimum Gasteiger partial charge on any atom is -0.482 e. The van der Waals surface area contributed by atoms with E-state index in [1.807, 2.05) is 54.6 Å². The van der Waals surface area contributed by atoms with Crippen LogP contribution in [0.15, 0.2) is 109 Å². The summed E-state index contributed by atoms with van der Waals surface area (Å²) in [6.45, 7) is 13.1. The molecule has 2 aliphatic rings. The Balaban J connectivity index is 1.23. The van der Waals surface area contributed by atoms with E-state index in [1.165, 1.54) is 5.56 Å². The highest BCUT2D eigenvalue weighted by molar-refractivity contribution is 6.30. The molecule has 0 aromatic heterocycles. The summed E-state index contributed by atoms with van der Waals surface area (Å²) >= 11 is 6.08. The molecule has 0 amide bonds. The lowest BCUT2D eigenvalue weighted by molar-refractivity contribution is -0.140. The number of para-hydroxylation sites is 1. The van der Waals surface area contributed by atoms with Gasteiger partial charge in [-0.3, -0.25) is 4.90 Å². The van der Waals surface area contributed by atoms with E-state index < -0.39 is 12.6 Å². The van der Waals surface area contributed by atoms with Crippen molar-refractivity contribution in [2.45, 2.75) is 57.8 Å². The van der Waals surface area contributed by atoms with Gasteiger partial charge < -0.3 is 19.3 Å². The van der Waals surface area contributed by atoms with Crippen LogP contribution < -0.4 is 9.47 Å². The lowest BCUT2D eigenvalue weighted by Gasteiger charge is -2.47. The first-order valence-corrected chi connectivity index (χ1v) is 17.1. The third-order valence-corrected chi connectivity index (χ3v) is 10.2. The van der Waals surface area contributed by atoms with E-state index in [2.05, 4.69) is 74.7 Å². The molecular formula is C41H44ClNO5. The van der Waals surface area contributed by atoms with Crippen molar-refractivity contribution in [3.8, 4) is 17.2 Å². The topological polar surface area (TPSA) is 68.2 Å². The van der Waals surface area contributed by atoms with Crippen LogP contribution in [0, 0.1) is 11.8 Å². The molecule has 0 radical (unpaired) electrons. The van der Waals surface area contributed by atoms with Gasteiger partial charge in [-0.05, 0) is 79.3 Å². The standard InChI is InChI=1S/C41H44ClNO5/c1-27(2)34-22-29-25-43(24-28-10-8-9-13-36(28)47-33-17-15-32(42)16-18-33)21-20-37(29)48-40(34)35-23-31(14-19-38(35)46-26-39(44)45)41(3,4)30-11-6-5-7-12-30/h5-19,23,29,34,37,40H,1,20-22,24-26H2,2-4H3,(H,44,45)/t29-,34-,37+,40+/m1/s1. The van der Waals surface area contributed by atoms with Gasteiger partial charge in [-0.25, -0.2) is 4.79 Å². The van der Waals surface area contributed by atoms with Crippen molar-refractivity contribution >= 4 is 17.6 Å². The predicted octanol–water partition coefficient (Wildman–Crippen LogP) is 9.47. The van der Waals surface area contributed by atoms with Gasteiger partial charge in [0.1, 0.15) is 17.2 Å². The molecule has 2 fully saturated rings. The number of likely N-dealkylation sites (tertiary alicyclic amines) is 1. The average Bonchev–Trinajstić information content (AvgIpc) is 3.09. The fraction of sp³-hybridized carbons (Fsp3) is 0.341. The van der Waals surface area contributed by atoms with E-state index in [0.717, 1.165) is 66.2 Å². The molecule has 4 atom stereocenters. The van der Waals surface area contributed by atoms with Crippen LogP contribution in [0.25, 0.3) is 0 Å². The molecule has 0 bridgehead atoms. The molecule has 250 valence electrons. The fourth-order valence-corrected chi connectivity index (χ4v) is 7.30. The van der Waals surface area contributed by atoms with Gasteiger partial charge >= 0.3 is 5.97 Å². The number of hydrogen-bond acceptors (Lipinski definition) is 5. The van der Waals surface area contributed by atoms with Crippen molar-refractivity contribution < 1.29 is 24.1 Å². The quantitative estimate of drug-likeness (QED) is 0.161. The Labute approximate surface area is 288 Å². The number of hydrogen-bond donors (Lipinski definition) is 1. The molecule has 7 heteroatoms. The summed E-state index contributed by atoms with van der Waals surface area (Å²) in [5.74, 6) is 1.51. The van der Waals surface area contributed by atoms with Gasteiger partial charge in [0, 0.05) is 47.1 Å². The van der Waals surface area contributed by atoms with Crippen molar-refractivity contribution in [2.24, 2.45) is 11.8 Å². The zero-order chi connectivity index (χ0) is 33.8. The zero-order valence-electron chi connectivity index (χ0n) is 27.9. The first-order valence-electron chi connectivity index (χ1n) is 16.7. The maximum Gasteiger partial charge on any atom is 0.341 e. The van der Waals surface area contributed by atoms with E-state index in [0.29, 0.717) is 16.7 Å². The summed E-state index contributed by atoms with van der Waals surface area (Å²) in [6.07, 6.45) is 1.60. The third-order valence-electron chi connectivity index (χ3n) is 9.92. The van der Waals surface area contributed by atoms with Crippen LogP contribution in [0.3, 0.4) is 0 Å². The Hall–Kier alpha value is -4.10. The molecule has 1 N–H and O–H groups in total. The molecule has 0 aliphatic carbocycles. The summed E-state index contributed by atoms with van der Waals surface area (Å²) in [6, 6.07) is 32.2. The fourth-order valence-electron chi connectivity index (χ4n) is 7.17. The minimum atomic E-state index is -1.01. The number of halogens is 1.